The van der Waals surface area contributed by atoms with Gasteiger partial charge in [-0.1, -0.05) is 18.5 Å². The van der Waals surface area contributed by atoms with Crippen molar-refractivity contribution in [2.45, 2.75) is 69.2 Å². The van der Waals surface area contributed by atoms with E-state index >= 15 is 0 Å². The van der Waals surface area contributed by atoms with Gasteiger partial charge in [-0.3, -0.25) is 10.3 Å². The van der Waals surface area contributed by atoms with Gasteiger partial charge in [0, 0.05) is 78.2 Å². The van der Waals surface area contributed by atoms with E-state index in [4.69, 9.17) is 21.3 Å². The van der Waals surface area contributed by atoms with E-state index in [1.807, 2.05) is 18.5 Å². The van der Waals surface area contributed by atoms with Crippen LogP contribution in [0.4, 0.5) is 15.4 Å². The summed E-state index contributed by atoms with van der Waals surface area (Å²) in [6, 6.07) is 1.55. The third kappa shape index (κ3) is 3.85. The quantitative estimate of drug-likeness (QED) is 0.473. The monoisotopic (exact) mass is 572 g/mol. The predicted molar refractivity (Wildman–Crippen MR) is 150 cm³/mol. The number of carbonyl (C=O) groups excluding carboxylic acids is 2. The summed E-state index contributed by atoms with van der Waals surface area (Å²) < 4.78 is 8.09. The zero-order valence-corrected chi connectivity index (χ0v) is 23.4. The molecule has 11 nitrogen and oxygen atoms in total. The number of nitrogens with one attached hydrogen (secondary N) is 2. The largest absolute Gasteiger partial charge is 0.437 e. The van der Waals surface area contributed by atoms with Gasteiger partial charge in [0.2, 0.25) is 0 Å². The summed E-state index contributed by atoms with van der Waals surface area (Å²) in [5.74, 6) is 1.33. The highest BCUT2D eigenvalue weighted by Crippen LogP contribution is 2.49. The molecule has 8 rings (SSSR count). The van der Waals surface area contributed by atoms with E-state index in [1.54, 1.807) is 11.1 Å². The SMILES string of the molecule is CC1(c2cnc3n2Cc2c(cc(Cl)c4c2C=NC4)C[C@H]3NC(=O)N2CCC3(CC2)OC(=O)Nc2ncncc23)CC1. The fourth-order valence-electron chi connectivity index (χ4n) is 6.87. The van der Waals surface area contributed by atoms with Crippen molar-refractivity contribution >= 4 is 35.8 Å². The van der Waals surface area contributed by atoms with Crippen LogP contribution in [0.5, 0.6) is 0 Å². The summed E-state index contributed by atoms with van der Waals surface area (Å²) >= 11 is 6.70. The lowest BCUT2D eigenvalue weighted by atomic mass is 9.84. The van der Waals surface area contributed by atoms with Crippen molar-refractivity contribution < 1.29 is 14.3 Å². The van der Waals surface area contributed by atoms with Crippen molar-refractivity contribution in [3.63, 3.8) is 0 Å². The molecule has 0 bridgehead atoms. The van der Waals surface area contributed by atoms with Crippen molar-refractivity contribution in [3.8, 4) is 0 Å². The van der Waals surface area contributed by atoms with Gasteiger partial charge in [-0.2, -0.15) is 0 Å². The number of benzene rings is 1. The lowest BCUT2D eigenvalue weighted by Gasteiger charge is -2.43. The molecule has 12 heteroatoms. The van der Waals surface area contributed by atoms with Crippen LogP contribution in [-0.4, -0.2) is 55.8 Å². The number of halogens is 1. The molecule has 2 aromatic heterocycles. The first-order valence-corrected chi connectivity index (χ1v) is 14.5. The highest BCUT2D eigenvalue weighted by molar-refractivity contribution is 6.32. The fraction of sp³-hybridized carbons (Fsp3) is 0.448. The van der Waals surface area contributed by atoms with Crippen LogP contribution < -0.4 is 10.6 Å². The summed E-state index contributed by atoms with van der Waals surface area (Å²) in [4.78, 5) is 45.6. The number of nitrogens with zero attached hydrogens (tertiary/aromatic N) is 6. The number of likely N-dealkylation sites (tertiary alicyclic amines) is 1. The first-order chi connectivity index (χ1) is 19.8. The van der Waals surface area contributed by atoms with Crippen molar-refractivity contribution in [3.05, 3.63) is 69.1 Å². The molecule has 1 aromatic carbocycles. The van der Waals surface area contributed by atoms with Crippen LogP contribution in [0.1, 0.15) is 78.0 Å². The Morgan fingerprint density at radius 2 is 2.00 bits per heavy atom. The minimum atomic E-state index is -0.847. The second-order valence-corrected chi connectivity index (χ2v) is 12.4. The van der Waals surface area contributed by atoms with Crippen LogP contribution in [0.2, 0.25) is 5.02 Å². The molecule has 3 aromatic rings. The lowest BCUT2D eigenvalue weighted by Crippen LogP contribution is -2.52. The smallest absolute Gasteiger partial charge is 0.413 e. The normalized spacial score (nSPS) is 22.5. The predicted octanol–water partition coefficient (Wildman–Crippen LogP) is 4.22. The van der Waals surface area contributed by atoms with Crippen molar-refractivity contribution in [2.75, 3.05) is 18.4 Å². The summed E-state index contributed by atoms with van der Waals surface area (Å²) in [5.41, 5.74) is 5.72. The zero-order valence-electron chi connectivity index (χ0n) is 22.6. The van der Waals surface area contributed by atoms with Gasteiger partial charge in [0.15, 0.2) is 0 Å². The summed E-state index contributed by atoms with van der Waals surface area (Å²) in [6.45, 7) is 4.40. The molecule has 41 heavy (non-hydrogen) atoms. The van der Waals surface area contributed by atoms with E-state index in [0.29, 0.717) is 51.3 Å². The van der Waals surface area contributed by atoms with Crippen LogP contribution >= 0.6 is 11.6 Å². The van der Waals surface area contributed by atoms with E-state index in [9.17, 15) is 9.59 Å². The van der Waals surface area contributed by atoms with Gasteiger partial charge in [0.1, 0.15) is 23.6 Å². The summed E-state index contributed by atoms with van der Waals surface area (Å²) in [5, 5.41) is 6.67. The van der Waals surface area contributed by atoms with Gasteiger partial charge in [-0.15, -0.1) is 0 Å². The zero-order chi connectivity index (χ0) is 27.9. The molecule has 6 heterocycles. The van der Waals surface area contributed by atoms with Crippen LogP contribution in [0.3, 0.4) is 0 Å². The molecule has 2 N–H and O–H groups in total. The van der Waals surface area contributed by atoms with Crippen molar-refractivity contribution in [1.82, 2.24) is 29.7 Å². The maximum absolute atomic E-state index is 13.7. The van der Waals surface area contributed by atoms with Crippen molar-refractivity contribution in [1.29, 1.82) is 0 Å². The Morgan fingerprint density at radius 3 is 2.80 bits per heavy atom. The highest BCUT2D eigenvalue weighted by Gasteiger charge is 2.47. The Balaban J connectivity index is 1.08. The van der Waals surface area contributed by atoms with Crippen molar-refractivity contribution in [2.24, 2.45) is 4.99 Å². The lowest BCUT2D eigenvalue weighted by molar-refractivity contribution is -0.0310. The number of piperidine rings is 1. The van der Waals surface area contributed by atoms with E-state index in [0.717, 1.165) is 45.9 Å². The third-order valence-corrected chi connectivity index (χ3v) is 9.86. The van der Waals surface area contributed by atoms with E-state index in [1.165, 1.54) is 17.6 Å². The molecule has 1 saturated heterocycles. The fourth-order valence-corrected chi connectivity index (χ4v) is 7.16. The number of hydrogen-bond donors (Lipinski definition) is 2. The average molecular weight is 573 g/mol. The molecule has 1 spiro atoms. The number of ether oxygens (including phenoxy) is 1. The Hall–Kier alpha value is -3.99. The minimum absolute atomic E-state index is 0.113. The molecule has 5 aliphatic rings. The van der Waals surface area contributed by atoms with Crippen LogP contribution in [0.25, 0.3) is 0 Å². The maximum Gasteiger partial charge on any atom is 0.413 e. The van der Waals surface area contributed by atoms with Crippen LogP contribution in [0, 0.1) is 0 Å². The Morgan fingerprint density at radius 1 is 1.17 bits per heavy atom. The van der Waals surface area contributed by atoms with Gasteiger partial charge in [0.25, 0.3) is 0 Å². The molecule has 2 fully saturated rings. The minimum Gasteiger partial charge on any atom is -0.437 e. The van der Waals surface area contributed by atoms with Gasteiger partial charge in [-0.05, 0) is 30.0 Å². The van der Waals surface area contributed by atoms with E-state index in [2.05, 4.69) is 37.1 Å². The van der Waals surface area contributed by atoms with Crippen LogP contribution in [-0.2, 0) is 35.3 Å². The average Bonchev–Trinajstić information content (AvgIpc) is 3.35. The number of urea groups is 1. The van der Waals surface area contributed by atoms with Gasteiger partial charge in [-0.25, -0.2) is 24.5 Å². The molecule has 0 radical (unpaired) electrons. The molecule has 1 atom stereocenters. The number of anilines is 1. The number of hydrogen-bond acceptors (Lipinski definition) is 7. The van der Waals surface area contributed by atoms with E-state index < -0.39 is 11.7 Å². The molecule has 1 aliphatic carbocycles. The van der Waals surface area contributed by atoms with Crippen LogP contribution in [0.15, 0.2) is 29.8 Å². The first kappa shape index (κ1) is 24.8. The number of carbonyl (C=O) groups is 2. The Labute approximate surface area is 241 Å². The second kappa shape index (κ2) is 8.75. The number of rotatable bonds is 2. The molecular weight excluding hydrogens is 544 g/mol. The Bertz CT molecular complexity index is 1650. The summed E-state index contributed by atoms with van der Waals surface area (Å²) in [6.07, 6.45) is 10.2. The summed E-state index contributed by atoms with van der Waals surface area (Å²) in [7, 11) is 0. The highest BCUT2D eigenvalue weighted by atomic mass is 35.5. The number of aliphatic imine (C=N–C) groups is 1. The number of fused-ring (bicyclic) bond motifs is 6. The van der Waals surface area contributed by atoms with Gasteiger partial charge < -0.3 is 19.5 Å². The van der Waals surface area contributed by atoms with Gasteiger partial charge >= 0.3 is 12.1 Å². The van der Waals surface area contributed by atoms with Gasteiger partial charge in [0.05, 0.1) is 24.7 Å². The third-order valence-electron chi connectivity index (χ3n) is 9.52. The molecular formula is C29H29ClN8O3. The standard InChI is InChI=1S/C29H29ClN8O3/c1-28(2-3-28)23-13-33-25-22(9-16-8-21(30)18-11-31-10-17(18)19(16)14-38(23)25)35-26(39)37-6-4-29(5-7-37)20-12-32-15-34-24(20)36-27(40)41-29/h8,10,12-13,15,22H,2-7,9,11,14H2,1H3,(H,35,39)(H,32,34,36,40)/t22-/m1/s1. The molecule has 4 aliphatic heterocycles. The number of amides is 3. The topological polar surface area (TPSA) is 127 Å². The molecule has 3 amide bonds. The maximum atomic E-state index is 13.7. The first-order valence-electron chi connectivity index (χ1n) is 14.1. The Kier molecular flexibility index (Phi) is 5.29. The number of imidazole rings is 1. The van der Waals surface area contributed by atoms with E-state index in [-0.39, 0.29) is 17.5 Å². The molecule has 1 saturated carbocycles. The molecule has 210 valence electrons. The second-order valence-electron chi connectivity index (χ2n) is 12.0. The molecule has 0 unspecified atom stereocenters. The number of aromatic nitrogens is 4.